The minimum absolute atomic E-state index is 0.146. The van der Waals surface area contributed by atoms with Crippen LogP contribution in [-0.4, -0.2) is 39.4 Å². The van der Waals surface area contributed by atoms with Crippen LogP contribution in [0.1, 0.15) is 44.1 Å². The number of aromatic nitrogens is 2. The zero-order chi connectivity index (χ0) is 18.3. The van der Waals surface area contributed by atoms with Crippen molar-refractivity contribution in [3.8, 4) is 0 Å². The Labute approximate surface area is 145 Å². The molecule has 0 saturated carbocycles. The Morgan fingerprint density at radius 1 is 1.12 bits per heavy atom. The number of fused-ring (bicyclic) bond motifs is 1. The number of benzene rings is 1. The molecule has 0 unspecified atom stereocenters. The van der Waals surface area contributed by atoms with E-state index in [0.717, 1.165) is 21.9 Å². The number of carbonyl (C=O) groups excluding carboxylic acids is 3. The van der Waals surface area contributed by atoms with Crippen LogP contribution < -0.4 is 5.32 Å². The third-order valence-corrected chi connectivity index (χ3v) is 4.63. The minimum atomic E-state index is -0.349. The van der Waals surface area contributed by atoms with Crippen LogP contribution in [0, 0.1) is 13.8 Å². The molecule has 0 bridgehead atoms. The van der Waals surface area contributed by atoms with Gasteiger partial charge in [0.2, 0.25) is 5.91 Å². The van der Waals surface area contributed by atoms with E-state index in [0.29, 0.717) is 29.7 Å². The van der Waals surface area contributed by atoms with Crippen molar-refractivity contribution in [1.82, 2.24) is 14.7 Å². The fourth-order valence-corrected chi connectivity index (χ4v) is 3.08. The predicted octanol–water partition coefficient (Wildman–Crippen LogP) is 1.83. The SMILES string of the molecule is Cc1nn(C)c(C)c1CCC(=O)Nc1ccc2c(c1)C(=O)N(C)C2=O. The van der Waals surface area contributed by atoms with Gasteiger partial charge in [-0.15, -0.1) is 0 Å². The van der Waals surface area contributed by atoms with E-state index in [9.17, 15) is 14.4 Å². The maximum absolute atomic E-state index is 12.2. The van der Waals surface area contributed by atoms with Crippen molar-refractivity contribution in [3.05, 3.63) is 46.3 Å². The van der Waals surface area contributed by atoms with Crippen LogP contribution in [0.25, 0.3) is 0 Å². The number of rotatable bonds is 4. The molecule has 0 spiro atoms. The largest absolute Gasteiger partial charge is 0.326 e. The summed E-state index contributed by atoms with van der Waals surface area (Å²) in [6, 6.07) is 4.77. The lowest BCUT2D eigenvalue weighted by Crippen LogP contribution is -2.24. The van der Waals surface area contributed by atoms with Crippen LogP contribution in [0.5, 0.6) is 0 Å². The molecule has 1 N–H and O–H groups in total. The summed E-state index contributed by atoms with van der Waals surface area (Å²) in [5.74, 6) is -0.814. The Morgan fingerprint density at radius 2 is 1.80 bits per heavy atom. The van der Waals surface area contributed by atoms with Crippen LogP contribution >= 0.6 is 0 Å². The van der Waals surface area contributed by atoms with Crippen molar-refractivity contribution in [3.63, 3.8) is 0 Å². The van der Waals surface area contributed by atoms with E-state index in [1.54, 1.807) is 18.2 Å². The Morgan fingerprint density at radius 3 is 2.44 bits per heavy atom. The van der Waals surface area contributed by atoms with Crippen molar-refractivity contribution in [2.45, 2.75) is 26.7 Å². The summed E-state index contributed by atoms with van der Waals surface area (Å²) >= 11 is 0. The number of aryl methyl sites for hydroxylation is 2. The van der Waals surface area contributed by atoms with Crippen molar-refractivity contribution < 1.29 is 14.4 Å². The van der Waals surface area contributed by atoms with Gasteiger partial charge in [-0.1, -0.05) is 0 Å². The summed E-state index contributed by atoms with van der Waals surface area (Å²) in [6.07, 6.45) is 0.916. The summed E-state index contributed by atoms with van der Waals surface area (Å²) in [5.41, 5.74) is 4.26. The second-order valence-corrected chi connectivity index (χ2v) is 6.25. The van der Waals surface area contributed by atoms with Crippen LogP contribution in [-0.2, 0) is 18.3 Å². The van der Waals surface area contributed by atoms with Gasteiger partial charge in [0.1, 0.15) is 0 Å². The van der Waals surface area contributed by atoms with Crippen molar-refractivity contribution >= 4 is 23.4 Å². The van der Waals surface area contributed by atoms with Crippen LogP contribution in [0.4, 0.5) is 5.69 Å². The van der Waals surface area contributed by atoms with Gasteiger partial charge in [-0.25, -0.2) is 0 Å². The Bertz CT molecular complexity index is 898. The van der Waals surface area contributed by atoms with Gasteiger partial charge in [0, 0.05) is 31.9 Å². The molecular formula is C18H20N4O3. The van der Waals surface area contributed by atoms with E-state index in [1.165, 1.54) is 7.05 Å². The molecule has 0 atom stereocenters. The molecule has 130 valence electrons. The monoisotopic (exact) mass is 340 g/mol. The highest BCUT2D eigenvalue weighted by Crippen LogP contribution is 2.25. The highest BCUT2D eigenvalue weighted by atomic mass is 16.2. The molecule has 2 heterocycles. The van der Waals surface area contributed by atoms with Gasteiger partial charge in [0.15, 0.2) is 0 Å². The number of imide groups is 1. The first-order chi connectivity index (χ1) is 11.8. The molecule has 3 rings (SSSR count). The Hall–Kier alpha value is -2.96. The number of hydrogen-bond acceptors (Lipinski definition) is 4. The Kier molecular flexibility index (Phi) is 4.16. The summed E-state index contributed by atoms with van der Waals surface area (Å²) < 4.78 is 1.81. The molecule has 2 aromatic rings. The van der Waals surface area contributed by atoms with Crippen molar-refractivity contribution in [1.29, 1.82) is 0 Å². The molecule has 1 aliphatic rings. The van der Waals surface area contributed by atoms with Crippen LogP contribution in [0.3, 0.4) is 0 Å². The topological polar surface area (TPSA) is 84.3 Å². The number of carbonyl (C=O) groups is 3. The number of nitrogens with zero attached hydrogens (tertiary/aromatic N) is 3. The lowest BCUT2D eigenvalue weighted by Gasteiger charge is -2.07. The molecule has 1 aromatic carbocycles. The third-order valence-electron chi connectivity index (χ3n) is 4.63. The van der Waals surface area contributed by atoms with Gasteiger partial charge in [-0.2, -0.15) is 5.10 Å². The minimum Gasteiger partial charge on any atom is -0.326 e. The average molecular weight is 340 g/mol. The number of amides is 3. The van der Waals surface area contributed by atoms with Gasteiger partial charge in [-0.3, -0.25) is 24.0 Å². The summed E-state index contributed by atoms with van der Waals surface area (Å²) in [6.45, 7) is 3.91. The molecule has 25 heavy (non-hydrogen) atoms. The first-order valence-electron chi connectivity index (χ1n) is 8.05. The second kappa shape index (κ2) is 6.16. The van der Waals surface area contributed by atoms with E-state index < -0.39 is 0 Å². The maximum atomic E-state index is 12.2. The predicted molar refractivity (Wildman–Crippen MR) is 92.5 cm³/mol. The quantitative estimate of drug-likeness (QED) is 0.861. The van der Waals surface area contributed by atoms with Crippen molar-refractivity contribution in [2.24, 2.45) is 7.05 Å². The molecule has 0 radical (unpaired) electrons. The third kappa shape index (κ3) is 2.93. The molecule has 3 amide bonds. The highest BCUT2D eigenvalue weighted by Gasteiger charge is 2.32. The van der Waals surface area contributed by atoms with Crippen molar-refractivity contribution in [2.75, 3.05) is 12.4 Å². The van der Waals surface area contributed by atoms with E-state index in [-0.39, 0.29) is 17.7 Å². The van der Waals surface area contributed by atoms with Gasteiger partial charge in [-0.05, 0) is 44.0 Å². The van der Waals surface area contributed by atoms with E-state index >= 15 is 0 Å². The van der Waals surface area contributed by atoms with E-state index in [4.69, 9.17) is 0 Å². The van der Waals surface area contributed by atoms with E-state index in [2.05, 4.69) is 10.4 Å². The molecule has 7 heteroatoms. The first kappa shape index (κ1) is 16.9. The smallest absolute Gasteiger partial charge is 0.261 e. The fraction of sp³-hybridized carbons (Fsp3) is 0.333. The summed E-state index contributed by atoms with van der Waals surface area (Å²) in [5, 5.41) is 7.13. The first-order valence-corrected chi connectivity index (χ1v) is 8.05. The van der Waals surface area contributed by atoms with Gasteiger partial charge >= 0.3 is 0 Å². The molecule has 0 fully saturated rings. The highest BCUT2D eigenvalue weighted by molar-refractivity contribution is 6.21. The molecule has 0 aliphatic carbocycles. The lowest BCUT2D eigenvalue weighted by molar-refractivity contribution is -0.116. The van der Waals surface area contributed by atoms with E-state index in [1.807, 2.05) is 25.6 Å². The number of hydrogen-bond donors (Lipinski definition) is 1. The number of nitrogens with one attached hydrogen (secondary N) is 1. The standard InChI is InChI=1S/C18H20N4O3/c1-10-13(11(2)22(4)20-10)7-8-16(23)19-12-5-6-14-15(9-12)18(25)21(3)17(14)24/h5-6,9H,7-8H2,1-4H3,(H,19,23). The van der Waals surface area contributed by atoms with Gasteiger partial charge < -0.3 is 5.32 Å². The number of anilines is 1. The van der Waals surface area contributed by atoms with Gasteiger partial charge in [0.05, 0.1) is 16.8 Å². The molecule has 1 aromatic heterocycles. The lowest BCUT2D eigenvalue weighted by atomic mass is 10.1. The molecule has 1 aliphatic heterocycles. The normalized spacial score (nSPS) is 13.4. The van der Waals surface area contributed by atoms with Gasteiger partial charge in [0.25, 0.3) is 11.8 Å². The van der Waals surface area contributed by atoms with Crippen LogP contribution in [0.2, 0.25) is 0 Å². The summed E-state index contributed by atoms with van der Waals surface area (Å²) in [7, 11) is 3.33. The zero-order valence-electron chi connectivity index (χ0n) is 14.7. The second-order valence-electron chi connectivity index (χ2n) is 6.25. The zero-order valence-corrected chi connectivity index (χ0v) is 14.7. The van der Waals surface area contributed by atoms with Crippen LogP contribution in [0.15, 0.2) is 18.2 Å². The molecular weight excluding hydrogens is 320 g/mol. The summed E-state index contributed by atoms with van der Waals surface area (Å²) in [4.78, 5) is 37.2. The molecule has 7 nitrogen and oxygen atoms in total. The molecule has 0 saturated heterocycles. The maximum Gasteiger partial charge on any atom is 0.261 e. The fourth-order valence-electron chi connectivity index (χ4n) is 3.08. The Balaban J connectivity index is 1.68. The average Bonchev–Trinajstić information content (AvgIpc) is 2.94.